The molecular formula is C15H20N4O2S. The molecule has 0 saturated carbocycles. The van der Waals surface area contributed by atoms with Gasteiger partial charge in [-0.15, -0.1) is 0 Å². The fraction of sp³-hybridized carbons (Fsp3) is 0.533. The van der Waals surface area contributed by atoms with Crippen LogP contribution in [0.1, 0.15) is 12.8 Å². The van der Waals surface area contributed by atoms with Crippen molar-refractivity contribution in [3.05, 3.63) is 18.3 Å². The normalized spacial score (nSPS) is 14.9. The van der Waals surface area contributed by atoms with E-state index in [1.807, 2.05) is 21.6 Å². The van der Waals surface area contributed by atoms with E-state index in [0.29, 0.717) is 18.9 Å². The van der Waals surface area contributed by atoms with Gasteiger partial charge in [-0.2, -0.15) is 0 Å². The average molecular weight is 320 g/mol. The molecule has 0 N–H and O–H groups in total. The molecule has 0 radical (unpaired) electrons. The SMILES string of the molecule is COCCn1c(SCC(=O)N2CCCC2)nc2cccnc21. The van der Waals surface area contributed by atoms with Crippen LogP contribution in [0, 0.1) is 0 Å². The molecular weight excluding hydrogens is 300 g/mol. The number of rotatable bonds is 6. The van der Waals surface area contributed by atoms with Crippen molar-refractivity contribution in [2.75, 3.05) is 32.6 Å². The first-order valence-electron chi connectivity index (χ1n) is 7.50. The number of pyridine rings is 1. The number of likely N-dealkylation sites (tertiary alicyclic amines) is 1. The summed E-state index contributed by atoms with van der Waals surface area (Å²) in [6.45, 7) is 3.06. The Morgan fingerprint density at radius 1 is 1.41 bits per heavy atom. The van der Waals surface area contributed by atoms with Gasteiger partial charge in [-0.05, 0) is 25.0 Å². The molecule has 0 atom stereocenters. The lowest BCUT2D eigenvalue weighted by molar-refractivity contribution is -0.127. The largest absolute Gasteiger partial charge is 0.383 e. The third-order valence-corrected chi connectivity index (χ3v) is 4.73. The summed E-state index contributed by atoms with van der Waals surface area (Å²) in [6.07, 6.45) is 4.00. The zero-order valence-corrected chi connectivity index (χ0v) is 13.5. The highest BCUT2D eigenvalue weighted by molar-refractivity contribution is 7.99. The molecule has 1 aliphatic rings. The smallest absolute Gasteiger partial charge is 0.233 e. The van der Waals surface area contributed by atoms with E-state index in [4.69, 9.17) is 4.74 Å². The third-order valence-electron chi connectivity index (χ3n) is 3.77. The molecule has 2 aromatic rings. The van der Waals surface area contributed by atoms with Gasteiger partial charge in [0.2, 0.25) is 5.91 Å². The van der Waals surface area contributed by atoms with E-state index in [-0.39, 0.29) is 5.91 Å². The highest BCUT2D eigenvalue weighted by atomic mass is 32.2. The van der Waals surface area contributed by atoms with E-state index in [2.05, 4.69) is 9.97 Å². The van der Waals surface area contributed by atoms with E-state index in [9.17, 15) is 4.79 Å². The van der Waals surface area contributed by atoms with E-state index < -0.39 is 0 Å². The second kappa shape index (κ2) is 7.11. The average Bonchev–Trinajstić information content (AvgIpc) is 3.18. The lowest BCUT2D eigenvalue weighted by atomic mass is 10.4. The molecule has 6 nitrogen and oxygen atoms in total. The van der Waals surface area contributed by atoms with Crippen LogP contribution < -0.4 is 0 Å². The zero-order chi connectivity index (χ0) is 15.4. The Balaban J connectivity index is 1.75. The summed E-state index contributed by atoms with van der Waals surface area (Å²) in [5.74, 6) is 0.622. The number of imidazole rings is 1. The van der Waals surface area contributed by atoms with Crippen molar-refractivity contribution in [2.45, 2.75) is 24.5 Å². The van der Waals surface area contributed by atoms with Crippen LogP contribution in [-0.4, -0.2) is 57.9 Å². The van der Waals surface area contributed by atoms with Crippen LogP contribution in [0.4, 0.5) is 0 Å². The highest BCUT2D eigenvalue weighted by Crippen LogP contribution is 2.23. The molecule has 22 heavy (non-hydrogen) atoms. The van der Waals surface area contributed by atoms with Crippen molar-refractivity contribution in [1.82, 2.24) is 19.4 Å². The second-order valence-electron chi connectivity index (χ2n) is 5.26. The van der Waals surface area contributed by atoms with Gasteiger partial charge < -0.3 is 14.2 Å². The molecule has 7 heteroatoms. The molecule has 0 bridgehead atoms. The quantitative estimate of drug-likeness (QED) is 0.760. The predicted molar refractivity (Wildman–Crippen MR) is 85.9 cm³/mol. The number of amides is 1. The van der Waals surface area contributed by atoms with Gasteiger partial charge in [-0.25, -0.2) is 9.97 Å². The fourth-order valence-corrected chi connectivity index (χ4v) is 3.55. The maximum Gasteiger partial charge on any atom is 0.233 e. The van der Waals surface area contributed by atoms with Gasteiger partial charge in [0.1, 0.15) is 5.52 Å². The molecule has 118 valence electrons. The van der Waals surface area contributed by atoms with E-state index in [1.54, 1.807) is 13.3 Å². The Morgan fingerprint density at radius 3 is 3.00 bits per heavy atom. The minimum atomic E-state index is 0.195. The first-order chi connectivity index (χ1) is 10.8. The van der Waals surface area contributed by atoms with Gasteiger partial charge in [-0.1, -0.05) is 11.8 Å². The summed E-state index contributed by atoms with van der Waals surface area (Å²) < 4.78 is 7.19. The first-order valence-corrected chi connectivity index (χ1v) is 8.49. The van der Waals surface area contributed by atoms with Gasteiger partial charge >= 0.3 is 0 Å². The molecule has 0 spiro atoms. The van der Waals surface area contributed by atoms with Crippen LogP contribution in [0.5, 0.6) is 0 Å². The molecule has 0 unspecified atom stereocenters. The molecule has 1 aliphatic heterocycles. The summed E-state index contributed by atoms with van der Waals surface area (Å²) >= 11 is 1.48. The molecule has 2 aromatic heterocycles. The van der Waals surface area contributed by atoms with Gasteiger partial charge in [0.05, 0.1) is 18.9 Å². The summed E-state index contributed by atoms with van der Waals surface area (Å²) in [6, 6.07) is 3.82. The maximum atomic E-state index is 12.2. The number of aromatic nitrogens is 3. The first kappa shape index (κ1) is 15.3. The predicted octanol–water partition coefficient (Wildman–Crippen LogP) is 1.79. The van der Waals surface area contributed by atoms with Gasteiger partial charge in [-0.3, -0.25) is 4.79 Å². The number of hydrogen-bond acceptors (Lipinski definition) is 5. The Labute approximate surface area is 133 Å². The summed E-state index contributed by atoms with van der Waals surface area (Å²) in [5.41, 5.74) is 1.70. The standard InChI is InChI=1S/C15H20N4O2S/c1-21-10-9-19-14-12(5-4-6-16-14)17-15(19)22-11-13(20)18-7-2-3-8-18/h4-6H,2-3,7-11H2,1H3. The van der Waals surface area contributed by atoms with Crippen LogP contribution >= 0.6 is 11.8 Å². The molecule has 0 aromatic carbocycles. The lowest BCUT2D eigenvalue weighted by Gasteiger charge is -2.14. The zero-order valence-electron chi connectivity index (χ0n) is 12.7. The highest BCUT2D eigenvalue weighted by Gasteiger charge is 2.19. The minimum absolute atomic E-state index is 0.195. The molecule has 1 amide bonds. The molecule has 3 rings (SSSR count). The Kier molecular flexibility index (Phi) is 4.94. The number of nitrogens with zero attached hydrogens (tertiary/aromatic N) is 4. The third kappa shape index (κ3) is 3.25. The monoisotopic (exact) mass is 320 g/mol. The molecule has 0 aliphatic carbocycles. The maximum absolute atomic E-state index is 12.2. The molecule has 1 saturated heterocycles. The number of carbonyl (C=O) groups excluding carboxylic acids is 1. The number of thioether (sulfide) groups is 1. The lowest BCUT2D eigenvalue weighted by Crippen LogP contribution is -2.29. The van der Waals surface area contributed by atoms with Crippen molar-refractivity contribution in [3.8, 4) is 0 Å². The second-order valence-corrected chi connectivity index (χ2v) is 6.20. The number of methoxy groups -OCH3 is 1. The van der Waals surface area contributed by atoms with E-state index in [1.165, 1.54) is 11.8 Å². The van der Waals surface area contributed by atoms with Gasteiger partial charge in [0, 0.05) is 26.4 Å². The Hall–Kier alpha value is -1.60. The van der Waals surface area contributed by atoms with E-state index in [0.717, 1.165) is 42.3 Å². The summed E-state index contributed by atoms with van der Waals surface area (Å²) in [5, 5.41) is 0.832. The number of carbonyl (C=O) groups is 1. The van der Waals surface area contributed by atoms with Crippen LogP contribution in [-0.2, 0) is 16.1 Å². The minimum Gasteiger partial charge on any atom is -0.383 e. The Morgan fingerprint density at radius 2 is 2.23 bits per heavy atom. The Bertz CT molecular complexity index is 652. The van der Waals surface area contributed by atoms with Crippen LogP contribution in [0.25, 0.3) is 11.2 Å². The van der Waals surface area contributed by atoms with Crippen LogP contribution in [0.2, 0.25) is 0 Å². The van der Waals surface area contributed by atoms with Crippen molar-refractivity contribution < 1.29 is 9.53 Å². The summed E-state index contributed by atoms with van der Waals surface area (Å²) in [7, 11) is 1.68. The van der Waals surface area contributed by atoms with Crippen LogP contribution in [0.3, 0.4) is 0 Å². The van der Waals surface area contributed by atoms with E-state index >= 15 is 0 Å². The number of fused-ring (bicyclic) bond motifs is 1. The van der Waals surface area contributed by atoms with Gasteiger partial charge in [0.15, 0.2) is 10.8 Å². The number of ether oxygens (including phenoxy) is 1. The van der Waals surface area contributed by atoms with Gasteiger partial charge in [0.25, 0.3) is 0 Å². The topological polar surface area (TPSA) is 60.2 Å². The van der Waals surface area contributed by atoms with Crippen LogP contribution in [0.15, 0.2) is 23.5 Å². The van der Waals surface area contributed by atoms with Crippen molar-refractivity contribution >= 4 is 28.8 Å². The summed E-state index contributed by atoms with van der Waals surface area (Å²) in [4.78, 5) is 23.1. The van der Waals surface area contributed by atoms with Crippen molar-refractivity contribution in [2.24, 2.45) is 0 Å². The molecule has 1 fully saturated rings. The van der Waals surface area contributed by atoms with Crippen molar-refractivity contribution in [3.63, 3.8) is 0 Å². The van der Waals surface area contributed by atoms with Crippen molar-refractivity contribution in [1.29, 1.82) is 0 Å². The molecule has 3 heterocycles. The fourth-order valence-electron chi connectivity index (χ4n) is 2.62. The number of hydrogen-bond donors (Lipinski definition) is 0.